The third kappa shape index (κ3) is 6.56. The van der Waals surface area contributed by atoms with Crippen LogP contribution in [0.15, 0.2) is 36.4 Å². The molecule has 0 aliphatic carbocycles. The van der Waals surface area contributed by atoms with Crippen molar-refractivity contribution in [3.8, 4) is 11.1 Å². The number of nitrogens with zero attached hydrogens (tertiary/aromatic N) is 6. The van der Waals surface area contributed by atoms with E-state index >= 15 is 0 Å². The molecule has 0 radical (unpaired) electrons. The van der Waals surface area contributed by atoms with Gasteiger partial charge in [-0.3, -0.25) is 19.4 Å². The number of hydrogen-bond donors (Lipinski definition) is 4. The molecule has 0 saturated carbocycles. The van der Waals surface area contributed by atoms with E-state index in [0.717, 1.165) is 59.8 Å². The summed E-state index contributed by atoms with van der Waals surface area (Å²) in [6.45, 7) is 7.68. The highest BCUT2D eigenvalue weighted by molar-refractivity contribution is 6.36. The minimum atomic E-state index is -0.431. The Morgan fingerprint density at radius 3 is 2.00 bits per heavy atom. The van der Waals surface area contributed by atoms with Crippen molar-refractivity contribution in [2.45, 2.75) is 45.9 Å². The van der Waals surface area contributed by atoms with Gasteiger partial charge in [-0.1, -0.05) is 35.9 Å². The topological polar surface area (TPSA) is 141 Å². The van der Waals surface area contributed by atoms with Crippen LogP contribution in [0.3, 0.4) is 0 Å². The second-order valence-electron chi connectivity index (χ2n) is 12.4. The molecule has 0 saturated heterocycles. The lowest BCUT2D eigenvalue weighted by Crippen LogP contribution is -2.36. The van der Waals surface area contributed by atoms with Crippen LogP contribution in [-0.2, 0) is 40.0 Å². The number of aromatic nitrogens is 4. The quantitative estimate of drug-likeness (QED) is 0.214. The fourth-order valence-electron chi connectivity index (χ4n) is 6.69. The maximum absolute atomic E-state index is 13.5. The fourth-order valence-corrected chi connectivity index (χ4v) is 6.96. The summed E-state index contributed by atoms with van der Waals surface area (Å²) in [5, 5.41) is 25.5. The maximum atomic E-state index is 13.5. The first-order valence-corrected chi connectivity index (χ1v) is 16.3. The minimum absolute atomic E-state index is 0.0794. The molecule has 2 aromatic carbocycles. The Morgan fingerprint density at radius 2 is 1.40 bits per heavy atom. The van der Waals surface area contributed by atoms with Gasteiger partial charge in [-0.15, -0.1) is 0 Å². The number of imidazole rings is 2. The Bertz CT molecular complexity index is 1830. The largest absolute Gasteiger partial charge is 0.395 e. The predicted molar refractivity (Wildman–Crippen MR) is 181 cm³/mol. The van der Waals surface area contributed by atoms with E-state index in [1.807, 2.05) is 60.5 Å². The van der Waals surface area contributed by atoms with Crippen LogP contribution in [0.4, 0.5) is 11.4 Å². The number of β-amino-alcohol motifs (C(OH)–C–C–N with tert-alkyl or cyclic N) is 2. The smallest absolute Gasteiger partial charge is 0.291 e. The Kier molecular flexibility index (Phi) is 9.49. The van der Waals surface area contributed by atoms with Crippen molar-refractivity contribution in [3.05, 3.63) is 81.4 Å². The second kappa shape index (κ2) is 13.6. The average Bonchev–Trinajstić information content (AvgIpc) is 3.55. The highest BCUT2D eigenvalue weighted by Gasteiger charge is 2.28. The zero-order valence-electron chi connectivity index (χ0n) is 27.2. The molecule has 12 nitrogen and oxygen atoms in total. The van der Waals surface area contributed by atoms with Gasteiger partial charge >= 0.3 is 0 Å². The number of halogens is 1. The molecule has 1 unspecified atom stereocenters. The highest BCUT2D eigenvalue weighted by atomic mass is 35.5. The molecular weight excluding hydrogens is 620 g/mol. The first-order chi connectivity index (χ1) is 22.5. The van der Waals surface area contributed by atoms with Crippen molar-refractivity contribution in [2.24, 2.45) is 14.1 Å². The van der Waals surface area contributed by atoms with Gasteiger partial charge in [0.2, 0.25) is 0 Å². The van der Waals surface area contributed by atoms with Gasteiger partial charge in [-0.25, -0.2) is 9.97 Å². The van der Waals surface area contributed by atoms with E-state index < -0.39 is 6.10 Å². The van der Waals surface area contributed by atoms with E-state index in [1.54, 1.807) is 13.0 Å². The number of amides is 2. The molecule has 1 atom stereocenters. The van der Waals surface area contributed by atoms with Crippen LogP contribution >= 0.6 is 11.6 Å². The number of fused-ring (bicyclic) bond motifs is 2. The zero-order chi connectivity index (χ0) is 33.4. The summed E-state index contributed by atoms with van der Waals surface area (Å²) in [4.78, 5) is 40.5. The number of aliphatic hydroxyl groups is 2. The van der Waals surface area contributed by atoms with Crippen LogP contribution in [0.25, 0.3) is 11.1 Å². The maximum Gasteiger partial charge on any atom is 0.291 e. The van der Waals surface area contributed by atoms with Crippen molar-refractivity contribution in [1.82, 2.24) is 28.9 Å². The third-order valence-electron chi connectivity index (χ3n) is 9.13. The standard InChI is InChI=1S/C34H41ClN8O4/c1-20(45)17-43-14-12-29-27(19-43)37-31(41(29)4)33(46)38-24-9-5-7-22(21(24)2)23-8-6-10-25(30(23)35)39-34(47)32-36-26-18-42(15-16-44)13-11-28(26)40(32)3/h5-10,20,44-45H,11-19H2,1-4H3,(H,38,46)(H,39,47). The van der Waals surface area contributed by atoms with Gasteiger partial charge in [0.1, 0.15) is 0 Å². The molecule has 0 bridgehead atoms. The molecule has 2 amide bonds. The molecule has 248 valence electrons. The Labute approximate surface area is 279 Å². The summed E-state index contributed by atoms with van der Waals surface area (Å²) in [7, 11) is 3.70. The highest BCUT2D eigenvalue weighted by Crippen LogP contribution is 2.38. The molecule has 2 aliphatic heterocycles. The monoisotopic (exact) mass is 660 g/mol. The molecule has 0 spiro atoms. The van der Waals surface area contributed by atoms with Crippen LogP contribution in [0.2, 0.25) is 5.02 Å². The molecule has 47 heavy (non-hydrogen) atoms. The number of carbonyl (C=O) groups is 2. The van der Waals surface area contributed by atoms with Crippen molar-refractivity contribution in [2.75, 3.05) is 43.4 Å². The molecule has 0 fully saturated rings. The molecule has 2 aromatic heterocycles. The summed E-state index contributed by atoms with van der Waals surface area (Å²) >= 11 is 6.92. The summed E-state index contributed by atoms with van der Waals surface area (Å²) in [6.07, 6.45) is 1.07. The lowest BCUT2D eigenvalue weighted by atomic mass is 9.98. The summed E-state index contributed by atoms with van der Waals surface area (Å²) in [6, 6.07) is 11.1. The van der Waals surface area contributed by atoms with Crippen molar-refractivity contribution in [3.63, 3.8) is 0 Å². The van der Waals surface area contributed by atoms with Crippen LogP contribution in [0.5, 0.6) is 0 Å². The van der Waals surface area contributed by atoms with Crippen LogP contribution in [-0.4, -0.2) is 89.8 Å². The average molecular weight is 661 g/mol. The number of anilines is 2. The molecule has 4 heterocycles. The SMILES string of the molecule is Cc1c(NC(=O)c2nc3c(n2C)CCN(CC(C)O)C3)cccc1-c1cccc(NC(=O)c2nc3c(n2C)CCN(CCO)C3)c1Cl. The lowest BCUT2D eigenvalue weighted by Gasteiger charge is -2.27. The van der Waals surface area contributed by atoms with Gasteiger partial charge in [0.05, 0.1) is 34.8 Å². The molecule has 4 N–H and O–H groups in total. The van der Waals surface area contributed by atoms with E-state index in [9.17, 15) is 19.8 Å². The van der Waals surface area contributed by atoms with Crippen molar-refractivity contribution < 1.29 is 19.8 Å². The third-order valence-corrected chi connectivity index (χ3v) is 9.54. The molecule has 2 aliphatic rings. The summed E-state index contributed by atoms with van der Waals surface area (Å²) < 4.78 is 3.69. The van der Waals surface area contributed by atoms with Gasteiger partial charge in [0.15, 0.2) is 11.6 Å². The minimum Gasteiger partial charge on any atom is -0.395 e. The molecule has 4 aromatic rings. The van der Waals surface area contributed by atoms with E-state index in [1.165, 1.54) is 0 Å². The number of nitrogens with one attached hydrogen (secondary N) is 2. The van der Waals surface area contributed by atoms with Crippen LogP contribution in [0.1, 0.15) is 56.5 Å². The first-order valence-electron chi connectivity index (χ1n) is 15.9. The van der Waals surface area contributed by atoms with E-state index in [2.05, 4.69) is 30.4 Å². The zero-order valence-corrected chi connectivity index (χ0v) is 27.9. The predicted octanol–water partition coefficient (Wildman–Crippen LogP) is 3.38. The number of carbonyl (C=O) groups excluding carboxylic acids is 2. The molecule has 6 rings (SSSR count). The number of rotatable bonds is 9. The van der Waals surface area contributed by atoms with Gasteiger partial charge in [0.25, 0.3) is 11.8 Å². The van der Waals surface area contributed by atoms with Crippen LogP contribution < -0.4 is 10.6 Å². The van der Waals surface area contributed by atoms with Crippen molar-refractivity contribution >= 4 is 34.8 Å². The fraction of sp³-hybridized carbons (Fsp3) is 0.412. The number of hydrogen-bond acceptors (Lipinski definition) is 8. The Morgan fingerprint density at radius 1 is 0.872 bits per heavy atom. The van der Waals surface area contributed by atoms with Gasteiger partial charge in [0, 0.05) is 88.8 Å². The second-order valence-corrected chi connectivity index (χ2v) is 12.8. The Balaban J connectivity index is 1.20. The Hall–Kier alpha value is -4.07. The first kappa shape index (κ1) is 32.9. The van der Waals surface area contributed by atoms with Gasteiger partial charge in [-0.2, -0.15) is 0 Å². The van der Waals surface area contributed by atoms with Crippen molar-refractivity contribution in [1.29, 1.82) is 0 Å². The lowest BCUT2D eigenvalue weighted by molar-refractivity contribution is 0.100. The van der Waals surface area contributed by atoms with E-state index in [0.29, 0.717) is 59.8 Å². The summed E-state index contributed by atoms with van der Waals surface area (Å²) in [5.74, 6) is -0.0407. The van der Waals surface area contributed by atoms with Gasteiger partial charge in [-0.05, 0) is 37.1 Å². The molecule has 13 heteroatoms. The number of benzene rings is 2. The molecular formula is C34H41ClN8O4. The van der Waals surface area contributed by atoms with Crippen LogP contribution in [0, 0.1) is 6.92 Å². The normalized spacial score (nSPS) is 15.6. The van der Waals surface area contributed by atoms with E-state index in [4.69, 9.17) is 11.6 Å². The summed E-state index contributed by atoms with van der Waals surface area (Å²) in [5.41, 5.74) is 7.17. The van der Waals surface area contributed by atoms with E-state index in [-0.39, 0.29) is 18.4 Å². The van der Waals surface area contributed by atoms with Gasteiger partial charge < -0.3 is 30.0 Å². The number of aliphatic hydroxyl groups excluding tert-OH is 2.